The van der Waals surface area contributed by atoms with Crippen LogP contribution in [0, 0.1) is 18.8 Å². The Kier molecular flexibility index (Phi) is 9.07. The summed E-state index contributed by atoms with van der Waals surface area (Å²) in [5, 5.41) is 16.6. The lowest BCUT2D eigenvalue weighted by Gasteiger charge is -2.17. The summed E-state index contributed by atoms with van der Waals surface area (Å²) in [6.45, 7) is 2.80. The smallest absolute Gasteiger partial charge is 0.262 e. The Balaban J connectivity index is 1.14. The molecule has 7 rings (SSSR count). The lowest BCUT2D eigenvalue weighted by atomic mass is 9.90. The van der Waals surface area contributed by atoms with Gasteiger partial charge in [-0.05, 0) is 83.2 Å². The number of halogens is 1. The van der Waals surface area contributed by atoms with Crippen LogP contribution < -0.4 is 21.9 Å². The highest BCUT2D eigenvalue weighted by Crippen LogP contribution is 2.41. The molecule has 10 heteroatoms. The molecule has 1 saturated heterocycles. The van der Waals surface area contributed by atoms with E-state index in [-0.39, 0.29) is 30.0 Å². The van der Waals surface area contributed by atoms with Crippen molar-refractivity contribution in [2.24, 2.45) is 17.6 Å². The Bertz CT molecular complexity index is 2160. The molecule has 5 aromatic rings. The molecule has 2 aromatic heterocycles. The molecule has 3 heterocycles. The Morgan fingerprint density at radius 3 is 2.51 bits per heavy atom. The van der Waals surface area contributed by atoms with E-state index in [4.69, 9.17) is 17.3 Å². The zero-order valence-electron chi connectivity index (χ0n) is 27.2. The predicted molar refractivity (Wildman–Crippen MR) is 191 cm³/mol. The van der Waals surface area contributed by atoms with Crippen LogP contribution in [0.5, 0.6) is 0 Å². The van der Waals surface area contributed by atoms with E-state index in [0.717, 1.165) is 50.9 Å². The molecule has 1 fully saturated rings. The molecule has 9 nitrogen and oxygen atoms in total. The van der Waals surface area contributed by atoms with Crippen LogP contribution in [0.1, 0.15) is 35.1 Å². The SMILES string of the molecule is Cc1c(-c2ccn3c(=O)c(CNC[C@@H]4CCC(=O)N4)cnc3c2)cccc1-c1cccc(-c2ccc3c(c2)C[C@H](C(CO)C(N)=O)C3)c1Cl. The van der Waals surface area contributed by atoms with E-state index in [0.29, 0.717) is 48.6 Å². The monoisotopic (exact) mass is 675 g/mol. The van der Waals surface area contributed by atoms with Gasteiger partial charge in [0, 0.05) is 54.6 Å². The highest BCUT2D eigenvalue weighted by molar-refractivity contribution is 6.36. The lowest BCUT2D eigenvalue weighted by molar-refractivity contribution is -0.124. The number of aromatic nitrogens is 2. The maximum atomic E-state index is 13.3. The second kappa shape index (κ2) is 13.6. The molecule has 0 saturated carbocycles. The molecule has 250 valence electrons. The lowest BCUT2D eigenvalue weighted by Crippen LogP contribution is -2.36. The van der Waals surface area contributed by atoms with Crippen molar-refractivity contribution in [3.63, 3.8) is 0 Å². The fourth-order valence-corrected chi connectivity index (χ4v) is 7.73. The topological polar surface area (TPSA) is 139 Å². The third-order valence-corrected chi connectivity index (χ3v) is 10.5. The number of amides is 2. The second-order valence-corrected chi connectivity index (χ2v) is 13.5. The Morgan fingerprint density at radius 1 is 1.02 bits per heavy atom. The number of aliphatic hydroxyl groups excluding tert-OH is 1. The zero-order valence-corrected chi connectivity index (χ0v) is 28.0. The van der Waals surface area contributed by atoms with Crippen molar-refractivity contribution in [2.45, 2.75) is 45.2 Å². The summed E-state index contributed by atoms with van der Waals surface area (Å²) in [5.74, 6) is -0.968. The van der Waals surface area contributed by atoms with Gasteiger partial charge in [-0.25, -0.2) is 4.98 Å². The summed E-state index contributed by atoms with van der Waals surface area (Å²) in [7, 11) is 0. The van der Waals surface area contributed by atoms with Crippen molar-refractivity contribution in [2.75, 3.05) is 13.2 Å². The largest absolute Gasteiger partial charge is 0.396 e. The first kappa shape index (κ1) is 32.7. The molecule has 49 heavy (non-hydrogen) atoms. The number of carbonyl (C=O) groups is 2. The molecule has 1 unspecified atom stereocenters. The molecule has 2 amide bonds. The van der Waals surface area contributed by atoms with Gasteiger partial charge in [0.05, 0.1) is 17.5 Å². The number of rotatable bonds is 10. The molecule has 0 spiro atoms. The van der Waals surface area contributed by atoms with Crippen molar-refractivity contribution in [1.82, 2.24) is 20.0 Å². The molecule has 0 radical (unpaired) electrons. The third-order valence-electron chi connectivity index (χ3n) is 10.1. The van der Waals surface area contributed by atoms with Crippen molar-refractivity contribution >= 4 is 29.1 Å². The number of benzene rings is 3. The summed E-state index contributed by atoms with van der Waals surface area (Å²) in [4.78, 5) is 41.2. The minimum absolute atomic E-state index is 0.0130. The Labute approximate surface area is 289 Å². The maximum Gasteiger partial charge on any atom is 0.262 e. The normalized spacial score (nSPS) is 17.7. The first-order valence-corrected chi connectivity index (χ1v) is 17.0. The first-order valence-electron chi connectivity index (χ1n) is 16.6. The number of nitrogens with one attached hydrogen (secondary N) is 2. The van der Waals surface area contributed by atoms with Gasteiger partial charge in [0.25, 0.3) is 5.56 Å². The summed E-state index contributed by atoms with van der Waals surface area (Å²) in [5.41, 5.74) is 15.7. The van der Waals surface area contributed by atoms with Crippen molar-refractivity contribution in [1.29, 1.82) is 0 Å². The van der Waals surface area contributed by atoms with Gasteiger partial charge in [-0.1, -0.05) is 66.2 Å². The average Bonchev–Trinajstić information content (AvgIpc) is 3.71. The van der Waals surface area contributed by atoms with Gasteiger partial charge in [0.2, 0.25) is 11.8 Å². The molecule has 0 bridgehead atoms. The molecular formula is C39H38ClN5O4. The van der Waals surface area contributed by atoms with Crippen LogP contribution in [0.3, 0.4) is 0 Å². The number of hydrogen-bond donors (Lipinski definition) is 4. The van der Waals surface area contributed by atoms with E-state index in [2.05, 4.69) is 52.9 Å². The number of pyridine rings is 1. The summed E-state index contributed by atoms with van der Waals surface area (Å²) in [6, 6.07) is 22.4. The van der Waals surface area contributed by atoms with Crippen molar-refractivity contribution < 1.29 is 14.7 Å². The number of hydrogen-bond acceptors (Lipinski definition) is 6. The van der Waals surface area contributed by atoms with Gasteiger partial charge in [-0.3, -0.25) is 18.8 Å². The van der Waals surface area contributed by atoms with E-state index >= 15 is 0 Å². The van der Waals surface area contributed by atoms with Gasteiger partial charge in [0.15, 0.2) is 0 Å². The van der Waals surface area contributed by atoms with E-state index in [9.17, 15) is 19.5 Å². The summed E-state index contributed by atoms with van der Waals surface area (Å²) in [6.07, 6.45) is 6.13. The number of nitrogens with zero attached hydrogens (tertiary/aromatic N) is 2. The van der Waals surface area contributed by atoms with Crippen molar-refractivity contribution in [3.8, 4) is 33.4 Å². The zero-order chi connectivity index (χ0) is 34.2. The van der Waals surface area contributed by atoms with Gasteiger partial charge in [0.1, 0.15) is 5.65 Å². The van der Waals surface area contributed by atoms with Crippen LogP contribution in [-0.2, 0) is 29.0 Å². The van der Waals surface area contributed by atoms with E-state index in [1.807, 2.05) is 36.4 Å². The minimum atomic E-state index is -0.559. The van der Waals surface area contributed by atoms with Gasteiger partial charge in [-0.15, -0.1) is 0 Å². The third kappa shape index (κ3) is 6.37. The molecule has 1 aliphatic carbocycles. The minimum Gasteiger partial charge on any atom is -0.396 e. The highest BCUT2D eigenvalue weighted by Gasteiger charge is 2.32. The Hall–Kier alpha value is -4.83. The predicted octanol–water partition coefficient (Wildman–Crippen LogP) is 4.83. The first-order chi connectivity index (χ1) is 23.7. The van der Waals surface area contributed by atoms with Crippen LogP contribution in [0.4, 0.5) is 0 Å². The van der Waals surface area contributed by atoms with Gasteiger partial charge >= 0.3 is 0 Å². The number of primary amides is 1. The van der Waals surface area contributed by atoms with Crippen LogP contribution in [-0.4, -0.2) is 45.5 Å². The average molecular weight is 676 g/mol. The molecule has 3 aromatic carbocycles. The van der Waals surface area contributed by atoms with E-state index in [1.54, 1.807) is 16.8 Å². The second-order valence-electron chi connectivity index (χ2n) is 13.2. The summed E-state index contributed by atoms with van der Waals surface area (Å²) < 4.78 is 1.56. The molecule has 2 aliphatic rings. The fraction of sp³-hybridized carbons (Fsp3) is 0.282. The van der Waals surface area contributed by atoms with Crippen molar-refractivity contribution in [3.05, 3.63) is 117 Å². The van der Waals surface area contributed by atoms with Crippen LogP contribution >= 0.6 is 11.6 Å². The molecule has 1 aliphatic heterocycles. The van der Waals surface area contributed by atoms with Gasteiger partial charge in [-0.2, -0.15) is 0 Å². The van der Waals surface area contributed by atoms with E-state index < -0.39 is 11.8 Å². The van der Waals surface area contributed by atoms with Crippen LogP contribution in [0.2, 0.25) is 5.02 Å². The fourth-order valence-electron chi connectivity index (χ4n) is 7.39. The number of fused-ring (bicyclic) bond motifs is 2. The summed E-state index contributed by atoms with van der Waals surface area (Å²) >= 11 is 7.17. The number of aliphatic hydroxyl groups is 1. The molecular weight excluding hydrogens is 638 g/mol. The van der Waals surface area contributed by atoms with Crippen LogP contribution in [0.15, 0.2) is 83.9 Å². The Morgan fingerprint density at radius 2 is 1.76 bits per heavy atom. The highest BCUT2D eigenvalue weighted by atomic mass is 35.5. The van der Waals surface area contributed by atoms with E-state index in [1.165, 1.54) is 5.56 Å². The molecule has 3 atom stereocenters. The molecule has 5 N–H and O–H groups in total. The maximum absolute atomic E-state index is 13.3. The quantitative estimate of drug-likeness (QED) is 0.167. The number of nitrogens with two attached hydrogens (primary N) is 1. The number of carbonyl (C=O) groups excluding carboxylic acids is 2. The standard InChI is InChI=1S/C39H38ClN5O4/c1-22-30(25-12-13-45-35(17-25)43-19-28(39(45)49)18-42-20-29-10-11-36(47)44-29)4-2-5-31(22)33-7-3-6-32(37(33)40)24-9-8-23-14-27(16-26(23)15-24)34(21-46)38(41)48/h2-9,12-13,15,17,19,27,29,34,42,46H,10-11,14,16,18,20-21H2,1H3,(H2,41,48)(H,44,47)/t27-,29+,34?/m1/s1. The van der Waals surface area contributed by atoms with Gasteiger partial charge < -0.3 is 21.5 Å². The van der Waals surface area contributed by atoms with Crippen LogP contribution in [0.25, 0.3) is 39.0 Å².